The highest BCUT2D eigenvalue weighted by atomic mass is 16.1. The van der Waals surface area contributed by atoms with Gasteiger partial charge in [-0.05, 0) is 57.4 Å². The van der Waals surface area contributed by atoms with Crippen molar-refractivity contribution in [3.63, 3.8) is 0 Å². The Bertz CT molecular complexity index is 1490. The third kappa shape index (κ3) is 4.22. The number of anilines is 1. The molecule has 4 aromatic rings. The molecule has 10 nitrogen and oxygen atoms in total. The highest BCUT2D eigenvalue weighted by Gasteiger charge is 2.31. The van der Waals surface area contributed by atoms with E-state index in [2.05, 4.69) is 15.8 Å². The van der Waals surface area contributed by atoms with E-state index in [1.807, 2.05) is 96.8 Å². The minimum Gasteiger partial charge on any atom is -0.382 e. The predicted molar refractivity (Wildman–Crippen MR) is 142 cm³/mol. The van der Waals surface area contributed by atoms with Crippen LogP contribution in [0.5, 0.6) is 0 Å². The molecule has 1 aliphatic heterocycles. The van der Waals surface area contributed by atoms with Crippen LogP contribution in [0.3, 0.4) is 0 Å². The molecule has 1 unspecified atom stereocenters. The molecule has 184 valence electrons. The van der Waals surface area contributed by atoms with Crippen molar-refractivity contribution in [3.05, 3.63) is 71.9 Å². The third-order valence-electron chi connectivity index (χ3n) is 6.08. The maximum Gasteiger partial charge on any atom is 0.248 e. The first-order valence-electron chi connectivity index (χ1n) is 11.7. The highest BCUT2D eigenvalue weighted by Crippen LogP contribution is 2.34. The van der Waals surface area contributed by atoms with Crippen LogP contribution in [0.2, 0.25) is 0 Å². The summed E-state index contributed by atoms with van der Waals surface area (Å²) in [7, 11) is 5.88. The molecule has 1 amide bonds. The van der Waals surface area contributed by atoms with Crippen molar-refractivity contribution in [1.29, 1.82) is 0 Å². The third-order valence-corrected chi connectivity index (χ3v) is 6.08. The van der Waals surface area contributed by atoms with Gasteiger partial charge in [0.2, 0.25) is 5.91 Å². The van der Waals surface area contributed by atoms with Gasteiger partial charge in [-0.25, -0.2) is 9.67 Å². The topological polar surface area (TPSA) is 118 Å². The molecule has 0 spiro atoms. The number of nitrogens with zero attached hydrogens (tertiary/aromatic N) is 6. The number of nitrogens with two attached hydrogens (primary N) is 1. The summed E-state index contributed by atoms with van der Waals surface area (Å²) in [6.07, 6.45) is 3.36. The zero-order valence-corrected chi connectivity index (χ0v) is 20.7. The summed E-state index contributed by atoms with van der Waals surface area (Å²) in [5, 5.41) is 12.1. The van der Waals surface area contributed by atoms with E-state index < -0.39 is 0 Å². The molecule has 0 bridgehead atoms. The van der Waals surface area contributed by atoms with Gasteiger partial charge in [-0.15, -0.1) is 0 Å². The van der Waals surface area contributed by atoms with Gasteiger partial charge in [0.1, 0.15) is 5.69 Å². The SMILES string of the molecule is CC1NN=C(N)c2c1nn(-c1ccc(NC(=O)/C=C/CN(C)C)cc1)c2-c1nc2ccccc2n1C. The lowest BCUT2D eigenvalue weighted by Crippen LogP contribution is -2.29. The van der Waals surface area contributed by atoms with E-state index >= 15 is 0 Å². The monoisotopic (exact) mass is 483 g/mol. The molecule has 0 aliphatic carbocycles. The molecule has 0 saturated heterocycles. The van der Waals surface area contributed by atoms with E-state index in [0.29, 0.717) is 18.1 Å². The number of hydrazone groups is 1. The molecule has 0 fully saturated rings. The van der Waals surface area contributed by atoms with E-state index in [0.717, 1.165) is 39.5 Å². The van der Waals surface area contributed by atoms with Gasteiger partial charge >= 0.3 is 0 Å². The van der Waals surface area contributed by atoms with Gasteiger partial charge in [-0.3, -0.25) is 10.2 Å². The second-order valence-corrected chi connectivity index (χ2v) is 9.05. The number of amides is 1. The average molecular weight is 484 g/mol. The Morgan fingerprint density at radius 3 is 2.67 bits per heavy atom. The number of benzene rings is 2. The van der Waals surface area contributed by atoms with Gasteiger partial charge in [-0.1, -0.05) is 18.2 Å². The molecule has 2 aromatic heterocycles. The van der Waals surface area contributed by atoms with Crippen LogP contribution in [0.25, 0.3) is 28.2 Å². The molecule has 1 atom stereocenters. The molecular formula is C26H29N9O. The molecule has 5 rings (SSSR count). The Kier molecular flexibility index (Phi) is 6.03. The number of aryl methyl sites for hydroxylation is 1. The van der Waals surface area contributed by atoms with Crippen LogP contribution in [-0.2, 0) is 11.8 Å². The lowest BCUT2D eigenvalue weighted by molar-refractivity contribution is -0.111. The number of aromatic nitrogens is 4. The Morgan fingerprint density at radius 1 is 1.19 bits per heavy atom. The zero-order valence-electron chi connectivity index (χ0n) is 20.7. The Labute approximate surface area is 209 Å². The fourth-order valence-electron chi connectivity index (χ4n) is 4.27. The number of likely N-dealkylation sites (N-methyl/N-ethyl adjacent to an activating group) is 1. The van der Waals surface area contributed by atoms with E-state index in [4.69, 9.17) is 15.8 Å². The first-order chi connectivity index (χ1) is 17.3. The molecule has 10 heteroatoms. The largest absolute Gasteiger partial charge is 0.382 e. The minimum absolute atomic E-state index is 0.116. The van der Waals surface area contributed by atoms with E-state index in [-0.39, 0.29) is 11.9 Å². The van der Waals surface area contributed by atoms with Gasteiger partial charge in [0.15, 0.2) is 11.7 Å². The summed E-state index contributed by atoms with van der Waals surface area (Å²) >= 11 is 0. The zero-order chi connectivity index (χ0) is 25.4. The Hall–Kier alpha value is -4.44. The maximum atomic E-state index is 12.2. The first-order valence-corrected chi connectivity index (χ1v) is 11.7. The van der Waals surface area contributed by atoms with Crippen LogP contribution in [0.15, 0.2) is 65.8 Å². The minimum atomic E-state index is -0.177. The second kappa shape index (κ2) is 9.31. The fraction of sp³-hybridized carbons (Fsp3) is 0.231. The maximum absolute atomic E-state index is 12.2. The summed E-state index contributed by atoms with van der Waals surface area (Å²) in [5.74, 6) is 0.925. The van der Waals surface area contributed by atoms with Gasteiger partial charge in [-0.2, -0.15) is 10.2 Å². The highest BCUT2D eigenvalue weighted by molar-refractivity contribution is 6.04. The van der Waals surface area contributed by atoms with Crippen molar-refractivity contribution in [2.75, 3.05) is 26.0 Å². The van der Waals surface area contributed by atoms with E-state index in [9.17, 15) is 4.79 Å². The van der Waals surface area contributed by atoms with Gasteiger partial charge in [0.05, 0.1) is 34.0 Å². The van der Waals surface area contributed by atoms with Crippen molar-refractivity contribution in [3.8, 4) is 17.2 Å². The van der Waals surface area contributed by atoms with Gasteiger partial charge < -0.3 is 20.5 Å². The molecule has 2 aromatic carbocycles. The van der Waals surface area contributed by atoms with Crippen molar-refractivity contribution < 1.29 is 4.79 Å². The molecule has 1 aliphatic rings. The number of hydrogen-bond donors (Lipinski definition) is 3. The van der Waals surface area contributed by atoms with E-state index in [1.165, 1.54) is 6.08 Å². The summed E-state index contributed by atoms with van der Waals surface area (Å²) in [6, 6.07) is 15.4. The number of para-hydroxylation sites is 2. The van der Waals surface area contributed by atoms with Crippen LogP contribution >= 0.6 is 0 Å². The standard InChI is InChI=1S/C26H29N9O/c1-16-23-22(25(27)31-30-16)24(26-29-19-8-5-6-9-20(19)34(26)4)35(32-23)18-13-11-17(12-14-18)28-21(36)10-7-15-33(2)3/h5-14,16,30H,15H2,1-4H3,(H2,27,31)(H,28,36)/b10-7+. The molecule has 36 heavy (non-hydrogen) atoms. The normalized spacial score (nSPS) is 15.2. The number of carbonyl (C=O) groups is 1. The van der Waals surface area contributed by atoms with Crippen molar-refractivity contribution >= 4 is 28.5 Å². The number of carbonyl (C=O) groups excluding carboxylic acids is 1. The number of fused-ring (bicyclic) bond motifs is 2. The van der Waals surface area contributed by atoms with Crippen LogP contribution in [0.1, 0.15) is 24.2 Å². The number of nitrogens with one attached hydrogen (secondary N) is 2. The molecule has 3 heterocycles. The molecule has 4 N–H and O–H groups in total. The average Bonchev–Trinajstić information content (AvgIpc) is 3.41. The first kappa shape index (κ1) is 23.3. The molecule has 0 radical (unpaired) electrons. The summed E-state index contributed by atoms with van der Waals surface area (Å²) < 4.78 is 3.89. The molecular weight excluding hydrogens is 454 g/mol. The van der Waals surface area contributed by atoms with Crippen LogP contribution in [0.4, 0.5) is 5.69 Å². The lowest BCUT2D eigenvalue weighted by Gasteiger charge is -2.17. The summed E-state index contributed by atoms with van der Waals surface area (Å²) in [5.41, 5.74) is 15.1. The van der Waals surface area contributed by atoms with Crippen molar-refractivity contribution in [2.45, 2.75) is 13.0 Å². The summed E-state index contributed by atoms with van der Waals surface area (Å²) in [4.78, 5) is 19.1. The lowest BCUT2D eigenvalue weighted by atomic mass is 10.1. The quantitative estimate of drug-likeness (QED) is 0.363. The fourth-order valence-corrected chi connectivity index (χ4v) is 4.27. The Balaban J connectivity index is 1.56. The van der Waals surface area contributed by atoms with Crippen molar-refractivity contribution in [2.24, 2.45) is 17.9 Å². The predicted octanol–water partition coefficient (Wildman–Crippen LogP) is 2.77. The van der Waals surface area contributed by atoms with Gasteiger partial charge in [0, 0.05) is 25.4 Å². The van der Waals surface area contributed by atoms with Crippen LogP contribution in [0, 0.1) is 0 Å². The van der Waals surface area contributed by atoms with Crippen LogP contribution < -0.4 is 16.5 Å². The summed E-state index contributed by atoms with van der Waals surface area (Å²) in [6.45, 7) is 2.69. The number of imidazole rings is 1. The van der Waals surface area contributed by atoms with Gasteiger partial charge in [0.25, 0.3) is 0 Å². The Morgan fingerprint density at radius 2 is 1.94 bits per heavy atom. The van der Waals surface area contributed by atoms with Crippen molar-refractivity contribution in [1.82, 2.24) is 29.7 Å². The number of amidine groups is 1. The smallest absolute Gasteiger partial charge is 0.248 e. The molecule has 0 saturated carbocycles. The van der Waals surface area contributed by atoms with Crippen LogP contribution in [-0.4, -0.2) is 56.6 Å². The second-order valence-electron chi connectivity index (χ2n) is 9.05. The number of rotatable bonds is 6. The number of hydrogen-bond acceptors (Lipinski definition) is 7. The van der Waals surface area contributed by atoms with E-state index in [1.54, 1.807) is 0 Å².